The van der Waals surface area contributed by atoms with E-state index in [1.165, 1.54) is 12.1 Å². The van der Waals surface area contributed by atoms with Crippen molar-refractivity contribution in [2.75, 3.05) is 52.4 Å². The molecule has 0 unspecified atom stereocenters. The average molecular weight is 337 g/mol. The van der Waals surface area contributed by atoms with Gasteiger partial charge in [0.25, 0.3) is 0 Å². The molecule has 1 aromatic rings. The fraction of sp³-hybridized carbons (Fsp3) is 0.611. The van der Waals surface area contributed by atoms with Gasteiger partial charge in [-0.2, -0.15) is 0 Å². The second kappa shape index (κ2) is 9.11. The Balaban J connectivity index is 1.90. The van der Waals surface area contributed by atoms with Crippen molar-refractivity contribution in [2.45, 2.75) is 19.9 Å². The summed E-state index contributed by atoms with van der Waals surface area (Å²) in [7, 11) is 0. The Kier molecular flexibility index (Phi) is 7.15. The molecule has 0 bridgehead atoms. The van der Waals surface area contributed by atoms with Gasteiger partial charge in [0.2, 0.25) is 5.91 Å². The van der Waals surface area contributed by atoms with Gasteiger partial charge in [0.1, 0.15) is 5.82 Å². The van der Waals surface area contributed by atoms with Crippen molar-refractivity contribution < 1.29 is 14.3 Å². The fourth-order valence-electron chi connectivity index (χ4n) is 3.18. The molecule has 2 rings (SSSR count). The Morgan fingerprint density at radius 3 is 2.33 bits per heavy atom. The first-order valence-electron chi connectivity index (χ1n) is 8.65. The number of piperazine rings is 1. The topological polar surface area (TPSA) is 47.0 Å². The van der Waals surface area contributed by atoms with Crippen LogP contribution in [0.15, 0.2) is 24.3 Å². The lowest BCUT2D eigenvalue weighted by atomic mass is 10.1. The lowest BCUT2D eigenvalue weighted by Crippen LogP contribution is -2.50. The minimum Gasteiger partial charge on any atom is -0.395 e. The Labute approximate surface area is 143 Å². The summed E-state index contributed by atoms with van der Waals surface area (Å²) in [5.74, 6) is -0.161. The Morgan fingerprint density at radius 2 is 1.79 bits per heavy atom. The molecule has 1 fully saturated rings. The number of β-amino-alcohol motifs (C(OH)–C–C–N with tert-alkyl or cyclic N) is 1. The van der Waals surface area contributed by atoms with Gasteiger partial charge in [0.05, 0.1) is 19.2 Å². The van der Waals surface area contributed by atoms with E-state index in [1.807, 2.05) is 18.7 Å². The zero-order valence-electron chi connectivity index (χ0n) is 14.6. The van der Waals surface area contributed by atoms with Crippen LogP contribution in [-0.2, 0) is 4.79 Å². The van der Waals surface area contributed by atoms with Crippen LogP contribution in [0.1, 0.15) is 25.5 Å². The van der Waals surface area contributed by atoms with Gasteiger partial charge in [-0.3, -0.25) is 14.6 Å². The monoisotopic (exact) mass is 337 g/mol. The molecule has 1 aliphatic rings. The summed E-state index contributed by atoms with van der Waals surface area (Å²) in [5, 5.41) is 8.98. The van der Waals surface area contributed by atoms with Crippen LogP contribution in [0, 0.1) is 5.82 Å². The number of amides is 1. The zero-order chi connectivity index (χ0) is 17.5. The summed E-state index contributed by atoms with van der Waals surface area (Å²) < 4.78 is 13.1. The molecule has 1 heterocycles. The van der Waals surface area contributed by atoms with Crippen LogP contribution >= 0.6 is 0 Å². The normalized spacial score (nSPS) is 17.7. The van der Waals surface area contributed by atoms with E-state index in [4.69, 9.17) is 5.11 Å². The molecule has 1 aromatic carbocycles. The van der Waals surface area contributed by atoms with Gasteiger partial charge in [-0.05, 0) is 31.5 Å². The Bertz CT molecular complexity index is 516. The standard InChI is InChI=1S/C18H28FN3O2/c1-3-22(15(2)16-4-6-17(19)7-5-16)18(24)14-21-10-8-20(9-11-21)12-13-23/h4-7,15,23H,3,8-14H2,1-2H3/t15-/m1/s1. The van der Waals surface area contributed by atoms with Gasteiger partial charge >= 0.3 is 0 Å². The quantitative estimate of drug-likeness (QED) is 0.816. The molecule has 1 aliphatic heterocycles. The number of nitrogens with zero attached hydrogens (tertiary/aromatic N) is 3. The van der Waals surface area contributed by atoms with Crippen LogP contribution in [0.2, 0.25) is 0 Å². The SMILES string of the molecule is CCN(C(=O)CN1CCN(CCO)CC1)[C@H](C)c1ccc(F)cc1. The van der Waals surface area contributed by atoms with Crippen LogP contribution in [-0.4, -0.2) is 78.1 Å². The molecule has 1 amide bonds. The third-order valence-corrected chi connectivity index (χ3v) is 4.72. The number of hydrogen-bond donors (Lipinski definition) is 1. The molecule has 134 valence electrons. The van der Waals surface area contributed by atoms with E-state index in [2.05, 4.69) is 9.80 Å². The molecule has 0 saturated carbocycles. The first kappa shape index (κ1) is 18.8. The number of benzene rings is 1. The molecule has 1 saturated heterocycles. The van der Waals surface area contributed by atoms with Crippen molar-refractivity contribution in [3.05, 3.63) is 35.6 Å². The van der Waals surface area contributed by atoms with E-state index in [-0.39, 0.29) is 24.4 Å². The predicted molar refractivity (Wildman–Crippen MR) is 92.2 cm³/mol. The van der Waals surface area contributed by atoms with Gasteiger partial charge in [-0.25, -0.2) is 4.39 Å². The molecule has 0 spiro atoms. The zero-order valence-corrected chi connectivity index (χ0v) is 14.6. The summed E-state index contributed by atoms with van der Waals surface area (Å²) in [6.45, 7) is 9.31. The van der Waals surface area contributed by atoms with Crippen LogP contribution in [0.5, 0.6) is 0 Å². The number of carbonyl (C=O) groups excluding carboxylic acids is 1. The molecule has 24 heavy (non-hydrogen) atoms. The molecule has 5 nitrogen and oxygen atoms in total. The van der Waals surface area contributed by atoms with Crippen LogP contribution in [0.25, 0.3) is 0 Å². The molecule has 0 radical (unpaired) electrons. The van der Waals surface area contributed by atoms with E-state index in [9.17, 15) is 9.18 Å². The van der Waals surface area contributed by atoms with Crippen molar-refractivity contribution in [1.82, 2.24) is 14.7 Å². The highest BCUT2D eigenvalue weighted by Crippen LogP contribution is 2.20. The van der Waals surface area contributed by atoms with Crippen LogP contribution in [0.3, 0.4) is 0 Å². The predicted octanol–water partition coefficient (Wildman–Crippen LogP) is 1.35. The van der Waals surface area contributed by atoms with Crippen molar-refractivity contribution in [3.63, 3.8) is 0 Å². The Hall–Kier alpha value is -1.50. The minimum absolute atomic E-state index is 0.0706. The number of likely N-dealkylation sites (N-methyl/N-ethyl adjacent to an activating group) is 1. The lowest BCUT2D eigenvalue weighted by molar-refractivity contribution is -0.134. The second-order valence-electron chi connectivity index (χ2n) is 6.25. The number of aliphatic hydroxyl groups excluding tert-OH is 1. The molecule has 6 heteroatoms. The third-order valence-electron chi connectivity index (χ3n) is 4.72. The number of carbonyl (C=O) groups is 1. The highest BCUT2D eigenvalue weighted by Gasteiger charge is 2.24. The molecular weight excluding hydrogens is 309 g/mol. The average Bonchev–Trinajstić information content (AvgIpc) is 2.58. The first-order chi connectivity index (χ1) is 11.5. The van der Waals surface area contributed by atoms with Crippen molar-refractivity contribution in [2.24, 2.45) is 0 Å². The van der Waals surface area contributed by atoms with Crippen LogP contribution < -0.4 is 0 Å². The fourth-order valence-corrected chi connectivity index (χ4v) is 3.18. The highest BCUT2D eigenvalue weighted by atomic mass is 19.1. The van der Waals surface area contributed by atoms with E-state index in [0.29, 0.717) is 19.6 Å². The maximum absolute atomic E-state index is 13.1. The lowest BCUT2D eigenvalue weighted by Gasteiger charge is -2.36. The van der Waals surface area contributed by atoms with Gasteiger partial charge in [-0.1, -0.05) is 12.1 Å². The van der Waals surface area contributed by atoms with E-state index in [1.54, 1.807) is 12.1 Å². The molecule has 1 N–H and O–H groups in total. The van der Waals surface area contributed by atoms with Gasteiger partial charge in [0, 0.05) is 39.3 Å². The summed E-state index contributed by atoms with van der Waals surface area (Å²) in [4.78, 5) is 18.9. The second-order valence-corrected chi connectivity index (χ2v) is 6.25. The molecular formula is C18H28FN3O2. The van der Waals surface area contributed by atoms with Gasteiger partial charge in [-0.15, -0.1) is 0 Å². The van der Waals surface area contributed by atoms with E-state index in [0.717, 1.165) is 31.7 Å². The smallest absolute Gasteiger partial charge is 0.237 e. The largest absolute Gasteiger partial charge is 0.395 e. The maximum Gasteiger partial charge on any atom is 0.237 e. The highest BCUT2D eigenvalue weighted by molar-refractivity contribution is 5.78. The summed E-state index contributed by atoms with van der Waals surface area (Å²) in [6, 6.07) is 6.28. The number of aliphatic hydroxyl groups is 1. The minimum atomic E-state index is -0.263. The van der Waals surface area contributed by atoms with Crippen LogP contribution in [0.4, 0.5) is 4.39 Å². The van der Waals surface area contributed by atoms with Gasteiger partial charge < -0.3 is 10.0 Å². The van der Waals surface area contributed by atoms with E-state index < -0.39 is 0 Å². The summed E-state index contributed by atoms with van der Waals surface area (Å²) >= 11 is 0. The Morgan fingerprint density at radius 1 is 1.21 bits per heavy atom. The molecule has 0 aromatic heterocycles. The van der Waals surface area contributed by atoms with Crippen molar-refractivity contribution in [1.29, 1.82) is 0 Å². The number of hydrogen-bond acceptors (Lipinski definition) is 4. The van der Waals surface area contributed by atoms with Crippen molar-refractivity contribution in [3.8, 4) is 0 Å². The number of rotatable bonds is 7. The maximum atomic E-state index is 13.1. The summed E-state index contributed by atoms with van der Waals surface area (Å²) in [6.07, 6.45) is 0. The first-order valence-corrected chi connectivity index (χ1v) is 8.65. The molecule has 1 atom stereocenters. The van der Waals surface area contributed by atoms with E-state index >= 15 is 0 Å². The van der Waals surface area contributed by atoms with Gasteiger partial charge in [0.15, 0.2) is 0 Å². The number of halogens is 1. The van der Waals surface area contributed by atoms with Crippen molar-refractivity contribution >= 4 is 5.91 Å². The summed E-state index contributed by atoms with van der Waals surface area (Å²) in [5.41, 5.74) is 0.944. The third kappa shape index (κ3) is 5.00. The molecule has 0 aliphatic carbocycles.